The predicted octanol–water partition coefficient (Wildman–Crippen LogP) is -2.29. The van der Waals surface area contributed by atoms with Crippen LogP contribution in [0, 0.1) is 0 Å². The van der Waals surface area contributed by atoms with E-state index in [0.717, 1.165) is 0 Å². The highest BCUT2D eigenvalue weighted by Gasteiger charge is 2.32. The van der Waals surface area contributed by atoms with Gasteiger partial charge in [0.2, 0.25) is 17.8 Å². The first-order chi connectivity index (χ1) is 13.6. The van der Waals surface area contributed by atoms with Gasteiger partial charge >= 0.3 is 12.0 Å². The third-order valence-electron chi connectivity index (χ3n) is 3.93. The number of nitrogens with zero attached hydrogens (tertiary/aromatic N) is 2. The van der Waals surface area contributed by atoms with E-state index in [1.165, 1.54) is 13.8 Å². The van der Waals surface area contributed by atoms with Crippen LogP contribution in [0.25, 0.3) is 0 Å². The van der Waals surface area contributed by atoms with Crippen molar-refractivity contribution in [2.24, 2.45) is 5.73 Å². The van der Waals surface area contributed by atoms with Gasteiger partial charge in [-0.15, -0.1) is 0 Å². The Labute approximate surface area is 167 Å². The molecule has 1 heterocycles. The second-order valence-corrected chi connectivity index (χ2v) is 6.51. The van der Waals surface area contributed by atoms with Crippen LogP contribution in [0.2, 0.25) is 0 Å². The van der Waals surface area contributed by atoms with E-state index in [2.05, 4.69) is 26.1 Å². The minimum absolute atomic E-state index is 0.0457. The van der Waals surface area contributed by atoms with E-state index in [9.17, 15) is 19.5 Å². The number of hydrogen-bond donors (Lipinski definition) is 6. The second-order valence-electron chi connectivity index (χ2n) is 6.51. The average molecular weight is 417 g/mol. The maximum absolute atomic E-state index is 12.2. The van der Waals surface area contributed by atoms with Crippen LogP contribution >= 0.6 is 0 Å². The molecule has 0 spiro atoms. The van der Waals surface area contributed by atoms with E-state index in [1.54, 1.807) is 0 Å². The van der Waals surface area contributed by atoms with Crippen molar-refractivity contribution in [3.05, 3.63) is 11.7 Å². The molecule has 9 N–H and O–H groups in total. The molecule has 1 aromatic heterocycles. The number of carbonyl (C=O) groups is 3. The minimum Gasteiger partial charge on any atom is -0.563 e. The molecule has 13 heteroatoms. The fourth-order valence-electron chi connectivity index (χ4n) is 2.36. The molecule has 0 radical (unpaired) electrons. The maximum atomic E-state index is 12.2. The molecule has 29 heavy (non-hydrogen) atoms. The molecule has 3 amide bonds. The van der Waals surface area contributed by atoms with Crippen molar-refractivity contribution in [1.82, 2.24) is 26.1 Å². The lowest BCUT2D eigenvalue weighted by Gasteiger charge is -2.18. The first-order valence-corrected chi connectivity index (χ1v) is 9.10. The number of unbranched alkanes of at least 4 members (excludes halogenated alkanes) is 1. The van der Waals surface area contributed by atoms with Crippen LogP contribution in [-0.4, -0.2) is 68.7 Å². The summed E-state index contributed by atoms with van der Waals surface area (Å²) >= 11 is 0. The summed E-state index contributed by atoms with van der Waals surface area (Å²) in [5.74, 6) is -1.18. The lowest BCUT2D eigenvalue weighted by molar-refractivity contribution is -0.141. The highest BCUT2D eigenvalue weighted by Crippen LogP contribution is 2.19. The Hall–Kier alpha value is -2.77. The number of urea groups is 1. The van der Waals surface area contributed by atoms with Crippen molar-refractivity contribution < 1.29 is 34.2 Å². The number of nitrogens with one attached hydrogen (secondary N) is 3. The van der Waals surface area contributed by atoms with Crippen molar-refractivity contribution in [1.29, 1.82) is 0 Å². The minimum atomic E-state index is -1.39. The Bertz CT molecular complexity index is 680. The highest BCUT2D eigenvalue weighted by molar-refractivity contribution is 5.83. The molecule has 13 nitrogen and oxygen atoms in total. The van der Waals surface area contributed by atoms with Crippen molar-refractivity contribution in [2.75, 3.05) is 13.2 Å². The fraction of sp³-hybridized carbons (Fsp3) is 0.688. The molecule has 4 atom stereocenters. The third-order valence-corrected chi connectivity index (χ3v) is 3.93. The van der Waals surface area contributed by atoms with Gasteiger partial charge in [0.25, 0.3) is 0 Å². The van der Waals surface area contributed by atoms with E-state index in [-0.39, 0.29) is 17.6 Å². The van der Waals surface area contributed by atoms with Crippen LogP contribution in [0.3, 0.4) is 0 Å². The van der Waals surface area contributed by atoms with Crippen molar-refractivity contribution >= 4 is 17.9 Å². The van der Waals surface area contributed by atoms with Gasteiger partial charge in [0.05, 0.1) is 18.8 Å². The Kier molecular flexibility index (Phi) is 9.99. The van der Waals surface area contributed by atoms with E-state index >= 15 is 0 Å². The largest absolute Gasteiger partial charge is 0.563 e. The van der Waals surface area contributed by atoms with Gasteiger partial charge in [-0.1, -0.05) is 5.16 Å². The molecule has 0 saturated heterocycles. The number of rotatable bonds is 12. The molecule has 0 saturated carbocycles. The number of aromatic nitrogens is 2. The lowest BCUT2D eigenvalue weighted by Crippen LogP contribution is -2.51. The maximum Gasteiger partial charge on any atom is 0.541 e. The Morgan fingerprint density at radius 3 is 2.52 bits per heavy atom. The summed E-state index contributed by atoms with van der Waals surface area (Å²) in [6.45, 7) is 2.74. The van der Waals surface area contributed by atoms with Gasteiger partial charge in [0, 0.05) is 18.3 Å². The van der Waals surface area contributed by atoms with Crippen LogP contribution in [0.4, 0.5) is 4.79 Å². The number of aliphatic hydroxyl groups excluding tert-OH is 2. The zero-order valence-corrected chi connectivity index (χ0v) is 16.3. The molecular formula is C16H29N6O7+. The van der Waals surface area contributed by atoms with Crippen molar-refractivity contribution in [2.45, 2.75) is 57.3 Å². The lowest BCUT2D eigenvalue weighted by atomic mass is 10.1. The van der Waals surface area contributed by atoms with Gasteiger partial charge in [-0.3, -0.25) is 4.79 Å². The zero-order chi connectivity index (χ0) is 22.0. The molecular weight excluding hydrogens is 388 g/mol. The topological polar surface area (TPSA) is 216 Å². The van der Waals surface area contributed by atoms with E-state index in [4.69, 9.17) is 20.5 Å². The molecule has 0 aliphatic carbocycles. The van der Waals surface area contributed by atoms with Gasteiger partial charge in [0.1, 0.15) is 6.04 Å². The standard InChI is InChI=1S/C16H28N6O7/c1-8(24)12(15(26)27)20-16(28)19-11(5-3-4-6-18-9(2)25)14-21-13(22-29-14)10(17)7-23/h8,10-12,23-24H,3-7,17H2,1-2H3,(H,18,25)(H,26,27)(H2,19,20,28)/p+1/t8?,10-,11+,12-/m0/s1. The van der Waals surface area contributed by atoms with Gasteiger partial charge in [-0.2, -0.15) is 4.98 Å². The molecule has 0 bridgehead atoms. The summed E-state index contributed by atoms with van der Waals surface area (Å²) in [5, 5.41) is 36.9. The Balaban J connectivity index is 2.81. The van der Waals surface area contributed by atoms with E-state index in [0.29, 0.717) is 25.8 Å². The number of carbonyl (C=O) groups excluding carboxylic acids is 3. The smallest absolute Gasteiger partial charge is 0.541 e. The van der Waals surface area contributed by atoms with Gasteiger partial charge < -0.3 is 41.5 Å². The highest BCUT2D eigenvalue weighted by atomic mass is 16.5. The monoisotopic (exact) mass is 417 g/mol. The van der Waals surface area contributed by atoms with Crippen LogP contribution in [0.5, 0.6) is 0 Å². The molecule has 0 fully saturated rings. The molecule has 1 unspecified atom stereocenters. The molecule has 0 aliphatic rings. The quantitative estimate of drug-likeness (QED) is 0.159. The SMILES string of the molecule is CC(=O)NCCCC[C@@H](NC(=O)N[C@H](C(=O)[OH2+])C(C)O)c1nc([C@@H](N)CO)no1. The number of aliphatic hydroxyl groups is 2. The summed E-state index contributed by atoms with van der Waals surface area (Å²) in [4.78, 5) is 38.5. The molecule has 0 aliphatic heterocycles. The Morgan fingerprint density at radius 1 is 1.28 bits per heavy atom. The van der Waals surface area contributed by atoms with Crippen molar-refractivity contribution in [3.8, 4) is 0 Å². The van der Waals surface area contributed by atoms with Crippen LogP contribution in [0.1, 0.15) is 56.9 Å². The summed E-state index contributed by atoms with van der Waals surface area (Å²) in [7, 11) is 0. The average Bonchev–Trinajstić information content (AvgIpc) is 3.13. The van der Waals surface area contributed by atoms with Crippen molar-refractivity contribution in [3.63, 3.8) is 0 Å². The Morgan fingerprint density at radius 2 is 1.97 bits per heavy atom. The number of nitrogens with two attached hydrogens (primary N) is 1. The second kappa shape index (κ2) is 11.9. The van der Waals surface area contributed by atoms with E-state index in [1.807, 2.05) is 0 Å². The zero-order valence-electron chi connectivity index (χ0n) is 16.3. The van der Waals surface area contributed by atoms with Gasteiger partial charge in [-0.05, 0) is 26.2 Å². The number of amides is 3. The predicted molar refractivity (Wildman–Crippen MR) is 99.3 cm³/mol. The molecule has 1 rings (SSSR count). The van der Waals surface area contributed by atoms with Crippen LogP contribution in [0.15, 0.2) is 4.52 Å². The molecule has 0 aromatic carbocycles. The van der Waals surface area contributed by atoms with Gasteiger partial charge in [-0.25, -0.2) is 4.79 Å². The first kappa shape index (κ1) is 24.3. The normalized spacial score (nSPS) is 15.1. The van der Waals surface area contributed by atoms with Gasteiger partial charge in [0.15, 0.2) is 5.82 Å². The van der Waals surface area contributed by atoms with Crippen LogP contribution in [-0.2, 0) is 9.59 Å². The molecule has 1 aromatic rings. The summed E-state index contributed by atoms with van der Waals surface area (Å²) < 4.78 is 5.13. The summed E-state index contributed by atoms with van der Waals surface area (Å²) in [6, 6.07) is -3.80. The number of hydrogen-bond acceptors (Lipinski definition) is 9. The molecule has 164 valence electrons. The third kappa shape index (κ3) is 8.41. The van der Waals surface area contributed by atoms with E-state index < -0.39 is 42.8 Å². The summed E-state index contributed by atoms with van der Waals surface area (Å²) in [5.41, 5.74) is 5.65. The first-order valence-electron chi connectivity index (χ1n) is 9.10. The summed E-state index contributed by atoms with van der Waals surface area (Å²) in [6.07, 6.45) is 0.306. The van der Waals surface area contributed by atoms with Crippen LogP contribution < -0.4 is 21.7 Å². The fourth-order valence-corrected chi connectivity index (χ4v) is 2.36.